The normalized spacial score (nSPS) is 19.4. The summed E-state index contributed by atoms with van der Waals surface area (Å²) in [5.41, 5.74) is 1.43. The first kappa shape index (κ1) is 15.5. The van der Waals surface area contributed by atoms with Gasteiger partial charge >= 0.3 is 0 Å². The minimum atomic E-state index is 0.666. The zero-order chi connectivity index (χ0) is 14.4. The summed E-state index contributed by atoms with van der Waals surface area (Å²) < 4.78 is 0. The zero-order valence-corrected chi connectivity index (χ0v) is 13.2. The third-order valence-corrected chi connectivity index (χ3v) is 4.31. The predicted octanol–water partition coefficient (Wildman–Crippen LogP) is 2.05. The van der Waals surface area contributed by atoms with Crippen LogP contribution in [0.1, 0.15) is 19.4 Å². The molecule has 0 spiro atoms. The highest BCUT2D eigenvalue weighted by atomic mass is 15.3. The van der Waals surface area contributed by atoms with Gasteiger partial charge in [0, 0.05) is 45.3 Å². The Morgan fingerprint density at radius 3 is 2.25 bits per heavy atom. The molecule has 1 aliphatic heterocycles. The molecule has 1 fully saturated rings. The summed E-state index contributed by atoms with van der Waals surface area (Å²) in [5.74, 6) is 0.711. The molecule has 0 bridgehead atoms. The first-order chi connectivity index (χ1) is 9.70. The molecule has 0 radical (unpaired) electrons. The average Bonchev–Trinajstić information content (AvgIpc) is 2.47. The Morgan fingerprint density at radius 1 is 1.05 bits per heavy atom. The van der Waals surface area contributed by atoms with Crippen LogP contribution in [-0.2, 0) is 6.54 Å². The number of piperazine rings is 1. The Labute approximate surface area is 124 Å². The molecule has 2 rings (SSSR count). The quantitative estimate of drug-likeness (QED) is 0.857. The number of nitrogens with one attached hydrogen (secondary N) is 1. The van der Waals surface area contributed by atoms with Crippen molar-refractivity contribution in [3.63, 3.8) is 0 Å². The molecule has 3 heteroatoms. The first-order valence-electron chi connectivity index (χ1n) is 7.85. The number of benzene rings is 1. The van der Waals surface area contributed by atoms with Crippen molar-refractivity contribution in [1.82, 2.24) is 15.1 Å². The molecule has 0 aromatic heterocycles. The van der Waals surface area contributed by atoms with Crippen LogP contribution in [0.2, 0.25) is 0 Å². The Morgan fingerprint density at radius 2 is 1.70 bits per heavy atom. The van der Waals surface area contributed by atoms with E-state index in [0.29, 0.717) is 12.0 Å². The van der Waals surface area contributed by atoms with Crippen LogP contribution in [0.3, 0.4) is 0 Å². The lowest BCUT2D eigenvalue weighted by Gasteiger charge is -2.41. The predicted molar refractivity (Wildman–Crippen MR) is 85.8 cm³/mol. The van der Waals surface area contributed by atoms with Gasteiger partial charge in [-0.05, 0) is 18.5 Å². The first-order valence-corrected chi connectivity index (χ1v) is 7.85. The molecular formula is C17H29N3. The Hall–Kier alpha value is -0.900. The molecule has 1 atom stereocenters. The van der Waals surface area contributed by atoms with Crippen LogP contribution in [0.4, 0.5) is 0 Å². The molecule has 112 valence electrons. The average molecular weight is 275 g/mol. The second kappa shape index (κ2) is 7.77. The van der Waals surface area contributed by atoms with Crippen molar-refractivity contribution in [1.29, 1.82) is 0 Å². The van der Waals surface area contributed by atoms with Crippen molar-refractivity contribution < 1.29 is 0 Å². The maximum absolute atomic E-state index is 3.34. The summed E-state index contributed by atoms with van der Waals surface area (Å²) in [7, 11) is 2.06. The summed E-state index contributed by atoms with van der Waals surface area (Å²) in [5, 5.41) is 3.34. The second-order valence-electron chi connectivity index (χ2n) is 6.17. The van der Waals surface area contributed by atoms with Gasteiger partial charge in [-0.3, -0.25) is 9.80 Å². The number of nitrogens with zero attached hydrogens (tertiary/aromatic N) is 2. The van der Waals surface area contributed by atoms with E-state index in [0.717, 1.165) is 13.1 Å². The highest BCUT2D eigenvalue weighted by Crippen LogP contribution is 2.15. The SMILES string of the molecule is CNCC(C(C)C)N1CCN(Cc2ccccc2)CC1. The second-order valence-corrected chi connectivity index (χ2v) is 6.17. The monoisotopic (exact) mass is 275 g/mol. The molecule has 1 aromatic rings. The van der Waals surface area contributed by atoms with E-state index in [1.807, 2.05) is 0 Å². The van der Waals surface area contributed by atoms with Crippen LogP contribution in [-0.4, -0.2) is 55.6 Å². The van der Waals surface area contributed by atoms with Gasteiger partial charge in [0.15, 0.2) is 0 Å². The fourth-order valence-corrected chi connectivity index (χ4v) is 3.09. The smallest absolute Gasteiger partial charge is 0.0244 e. The van der Waals surface area contributed by atoms with E-state index in [-0.39, 0.29) is 0 Å². The largest absolute Gasteiger partial charge is 0.318 e. The third-order valence-electron chi connectivity index (χ3n) is 4.31. The Kier molecular flexibility index (Phi) is 6.02. The molecule has 1 aliphatic rings. The zero-order valence-electron chi connectivity index (χ0n) is 13.2. The van der Waals surface area contributed by atoms with Gasteiger partial charge in [-0.15, -0.1) is 0 Å². The molecule has 20 heavy (non-hydrogen) atoms. The van der Waals surface area contributed by atoms with Gasteiger partial charge in [0.25, 0.3) is 0 Å². The minimum absolute atomic E-state index is 0.666. The van der Waals surface area contributed by atoms with E-state index < -0.39 is 0 Å². The molecule has 1 aromatic carbocycles. The van der Waals surface area contributed by atoms with Gasteiger partial charge in [0.1, 0.15) is 0 Å². The molecular weight excluding hydrogens is 246 g/mol. The molecule has 1 N–H and O–H groups in total. The van der Waals surface area contributed by atoms with E-state index in [2.05, 4.69) is 66.3 Å². The maximum Gasteiger partial charge on any atom is 0.0244 e. The maximum atomic E-state index is 3.34. The van der Waals surface area contributed by atoms with Gasteiger partial charge in [-0.2, -0.15) is 0 Å². The topological polar surface area (TPSA) is 18.5 Å². The van der Waals surface area contributed by atoms with Gasteiger partial charge in [-0.25, -0.2) is 0 Å². The summed E-state index contributed by atoms with van der Waals surface area (Å²) >= 11 is 0. The van der Waals surface area contributed by atoms with Gasteiger partial charge in [-0.1, -0.05) is 44.2 Å². The van der Waals surface area contributed by atoms with E-state index in [1.165, 1.54) is 31.7 Å². The fourth-order valence-electron chi connectivity index (χ4n) is 3.09. The van der Waals surface area contributed by atoms with E-state index in [9.17, 15) is 0 Å². The van der Waals surface area contributed by atoms with Crippen molar-refractivity contribution in [2.24, 2.45) is 5.92 Å². The summed E-state index contributed by atoms with van der Waals surface area (Å²) in [6, 6.07) is 11.5. The van der Waals surface area contributed by atoms with Crippen LogP contribution < -0.4 is 5.32 Å². The summed E-state index contributed by atoms with van der Waals surface area (Å²) in [6.07, 6.45) is 0. The van der Waals surface area contributed by atoms with Crippen LogP contribution in [0.15, 0.2) is 30.3 Å². The van der Waals surface area contributed by atoms with Gasteiger partial charge in [0.2, 0.25) is 0 Å². The minimum Gasteiger partial charge on any atom is -0.318 e. The van der Waals surface area contributed by atoms with E-state index in [1.54, 1.807) is 0 Å². The number of likely N-dealkylation sites (N-methyl/N-ethyl adjacent to an activating group) is 1. The molecule has 1 unspecified atom stereocenters. The highest BCUT2D eigenvalue weighted by Gasteiger charge is 2.25. The van der Waals surface area contributed by atoms with Crippen LogP contribution in [0, 0.1) is 5.92 Å². The van der Waals surface area contributed by atoms with Gasteiger partial charge < -0.3 is 5.32 Å². The van der Waals surface area contributed by atoms with E-state index >= 15 is 0 Å². The lowest BCUT2D eigenvalue weighted by atomic mass is 10.0. The Balaban J connectivity index is 1.82. The molecule has 0 aliphatic carbocycles. The standard InChI is InChI=1S/C17H29N3/c1-15(2)17(13-18-3)20-11-9-19(10-12-20)14-16-7-5-4-6-8-16/h4-8,15,17-18H,9-14H2,1-3H3. The fraction of sp³-hybridized carbons (Fsp3) is 0.647. The molecule has 3 nitrogen and oxygen atoms in total. The number of hydrogen-bond acceptors (Lipinski definition) is 3. The Bertz CT molecular complexity index is 369. The van der Waals surface area contributed by atoms with Crippen molar-refractivity contribution >= 4 is 0 Å². The summed E-state index contributed by atoms with van der Waals surface area (Å²) in [4.78, 5) is 5.23. The van der Waals surface area contributed by atoms with Crippen molar-refractivity contribution in [2.45, 2.75) is 26.4 Å². The lowest BCUT2D eigenvalue weighted by Crippen LogP contribution is -2.54. The lowest BCUT2D eigenvalue weighted by molar-refractivity contribution is 0.0732. The molecule has 0 amide bonds. The third kappa shape index (κ3) is 4.30. The van der Waals surface area contributed by atoms with Crippen molar-refractivity contribution in [3.05, 3.63) is 35.9 Å². The van der Waals surface area contributed by atoms with E-state index in [4.69, 9.17) is 0 Å². The number of rotatable bonds is 6. The van der Waals surface area contributed by atoms with Crippen LogP contribution in [0.5, 0.6) is 0 Å². The summed E-state index contributed by atoms with van der Waals surface area (Å²) in [6.45, 7) is 11.6. The molecule has 0 saturated carbocycles. The number of hydrogen-bond donors (Lipinski definition) is 1. The van der Waals surface area contributed by atoms with Crippen LogP contribution in [0.25, 0.3) is 0 Å². The molecule has 1 heterocycles. The highest BCUT2D eigenvalue weighted by molar-refractivity contribution is 5.14. The molecule has 1 saturated heterocycles. The van der Waals surface area contributed by atoms with Crippen molar-refractivity contribution in [3.8, 4) is 0 Å². The van der Waals surface area contributed by atoms with Crippen LogP contribution >= 0.6 is 0 Å². The van der Waals surface area contributed by atoms with Gasteiger partial charge in [0.05, 0.1) is 0 Å². The van der Waals surface area contributed by atoms with Crippen molar-refractivity contribution in [2.75, 3.05) is 39.8 Å².